The lowest BCUT2D eigenvalue weighted by Gasteiger charge is -2.19. The highest BCUT2D eigenvalue weighted by atomic mass is 16.3. The Morgan fingerprint density at radius 1 is 1.28 bits per heavy atom. The van der Waals surface area contributed by atoms with Crippen LogP contribution in [0.3, 0.4) is 0 Å². The van der Waals surface area contributed by atoms with E-state index in [2.05, 4.69) is 0 Å². The number of carbonyl (C=O) groups excluding carboxylic acids is 1. The van der Waals surface area contributed by atoms with E-state index in [1.54, 1.807) is 18.2 Å². The van der Waals surface area contributed by atoms with Crippen molar-refractivity contribution < 1.29 is 9.21 Å². The zero-order chi connectivity index (χ0) is 13.5. The summed E-state index contributed by atoms with van der Waals surface area (Å²) in [6.45, 7) is 5.66. The molecule has 1 aromatic heterocycles. The van der Waals surface area contributed by atoms with E-state index in [0.29, 0.717) is 23.3 Å². The first kappa shape index (κ1) is 12.4. The molecular weight excluding hydrogens is 230 g/mol. The van der Waals surface area contributed by atoms with Gasteiger partial charge in [0.1, 0.15) is 16.9 Å². The van der Waals surface area contributed by atoms with Gasteiger partial charge < -0.3 is 10.2 Å². The van der Waals surface area contributed by atoms with Gasteiger partial charge >= 0.3 is 0 Å². The number of rotatable bonds is 1. The fraction of sp³-hybridized carbons (Fsp3) is 0.286. The van der Waals surface area contributed by atoms with Crippen LogP contribution in [0.1, 0.15) is 36.9 Å². The summed E-state index contributed by atoms with van der Waals surface area (Å²) < 4.78 is 5.70. The number of nitrogen functional groups attached to an aromatic ring is 1. The van der Waals surface area contributed by atoms with Crippen molar-refractivity contribution in [2.24, 2.45) is 0 Å². The van der Waals surface area contributed by atoms with Gasteiger partial charge in [-0.15, -0.1) is 0 Å². The van der Waals surface area contributed by atoms with Crippen LogP contribution in [0, 0.1) is 0 Å². The molecular formula is C14H15NO3. The van der Waals surface area contributed by atoms with Crippen LogP contribution in [0.25, 0.3) is 11.0 Å². The van der Waals surface area contributed by atoms with Crippen molar-refractivity contribution in [2.45, 2.75) is 26.2 Å². The van der Waals surface area contributed by atoms with Gasteiger partial charge in [-0.05, 0) is 12.1 Å². The smallest absolute Gasteiger partial charge is 0.205 e. The van der Waals surface area contributed by atoms with E-state index in [-0.39, 0.29) is 16.4 Å². The molecule has 0 aliphatic heterocycles. The number of benzene rings is 1. The maximum absolute atomic E-state index is 12.3. The molecule has 0 unspecified atom stereocenters. The summed E-state index contributed by atoms with van der Waals surface area (Å²) in [5.74, 6) is 0.389. The molecule has 0 saturated carbocycles. The highest BCUT2D eigenvalue weighted by Crippen LogP contribution is 2.28. The average Bonchev–Trinajstić information content (AvgIpc) is 2.27. The van der Waals surface area contributed by atoms with Gasteiger partial charge in [-0.2, -0.15) is 0 Å². The largest absolute Gasteiger partial charge is 0.459 e. The molecule has 1 heterocycles. The lowest BCUT2D eigenvalue weighted by Crippen LogP contribution is -2.21. The highest BCUT2D eigenvalue weighted by molar-refractivity contribution is 5.93. The van der Waals surface area contributed by atoms with E-state index in [9.17, 15) is 9.59 Å². The molecule has 4 heteroatoms. The van der Waals surface area contributed by atoms with Crippen LogP contribution < -0.4 is 11.2 Å². The number of fused-ring (bicyclic) bond motifs is 1. The second kappa shape index (κ2) is 3.98. The lowest BCUT2D eigenvalue weighted by atomic mass is 9.89. The number of nitrogens with two attached hydrogens (primary N) is 1. The van der Waals surface area contributed by atoms with Crippen molar-refractivity contribution >= 4 is 22.9 Å². The van der Waals surface area contributed by atoms with Crippen molar-refractivity contribution in [1.82, 2.24) is 0 Å². The van der Waals surface area contributed by atoms with Gasteiger partial charge in [0.2, 0.25) is 5.43 Å². The molecule has 0 atom stereocenters. The Kier molecular flexibility index (Phi) is 2.73. The van der Waals surface area contributed by atoms with Crippen LogP contribution in [0.15, 0.2) is 27.4 Å². The fourth-order valence-electron chi connectivity index (χ4n) is 1.94. The molecule has 0 aliphatic carbocycles. The minimum Gasteiger partial charge on any atom is -0.459 e. The maximum atomic E-state index is 12.3. The number of aldehydes is 1. The Labute approximate surface area is 104 Å². The van der Waals surface area contributed by atoms with Crippen molar-refractivity contribution in [2.75, 3.05) is 5.73 Å². The van der Waals surface area contributed by atoms with Crippen LogP contribution in [0.2, 0.25) is 0 Å². The first-order chi connectivity index (χ1) is 8.36. The first-order valence-electron chi connectivity index (χ1n) is 5.67. The lowest BCUT2D eigenvalue weighted by molar-refractivity contribution is 0.111. The topological polar surface area (TPSA) is 73.3 Å². The molecule has 2 aromatic rings. The quantitative estimate of drug-likeness (QED) is 0.618. The van der Waals surface area contributed by atoms with E-state index in [1.807, 2.05) is 20.8 Å². The van der Waals surface area contributed by atoms with Gasteiger partial charge in [0.15, 0.2) is 6.29 Å². The summed E-state index contributed by atoms with van der Waals surface area (Å²) in [4.78, 5) is 23.4. The van der Waals surface area contributed by atoms with Gasteiger partial charge in [-0.1, -0.05) is 26.8 Å². The number of anilines is 1. The van der Waals surface area contributed by atoms with Crippen LogP contribution in [-0.2, 0) is 5.41 Å². The third-order valence-corrected chi connectivity index (χ3v) is 2.79. The van der Waals surface area contributed by atoms with Gasteiger partial charge in [-0.25, -0.2) is 0 Å². The number of hydrogen-bond donors (Lipinski definition) is 1. The Morgan fingerprint density at radius 2 is 1.94 bits per heavy atom. The van der Waals surface area contributed by atoms with E-state index in [4.69, 9.17) is 10.2 Å². The van der Waals surface area contributed by atoms with Crippen molar-refractivity contribution in [3.8, 4) is 0 Å². The molecule has 4 nitrogen and oxygen atoms in total. The third-order valence-electron chi connectivity index (χ3n) is 2.79. The second-order valence-corrected chi connectivity index (χ2v) is 5.26. The summed E-state index contributed by atoms with van der Waals surface area (Å²) in [5.41, 5.74) is 5.76. The van der Waals surface area contributed by atoms with Crippen molar-refractivity contribution in [3.05, 3.63) is 39.7 Å². The number of hydrogen-bond acceptors (Lipinski definition) is 4. The zero-order valence-electron chi connectivity index (χ0n) is 10.6. The zero-order valence-corrected chi connectivity index (χ0v) is 10.6. The van der Waals surface area contributed by atoms with Crippen LogP contribution in [0.4, 0.5) is 5.69 Å². The molecule has 0 spiro atoms. The summed E-state index contributed by atoms with van der Waals surface area (Å²) in [5, 5.41) is 0.271. The minimum atomic E-state index is -0.422. The second-order valence-electron chi connectivity index (χ2n) is 5.26. The van der Waals surface area contributed by atoms with Crippen LogP contribution >= 0.6 is 0 Å². The predicted octanol–water partition coefficient (Wildman–Crippen LogP) is 2.49. The van der Waals surface area contributed by atoms with Gasteiger partial charge in [0.05, 0.1) is 5.39 Å². The third kappa shape index (κ3) is 1.79. The molecule has 0 aliphatic rings. The maximum Gasteiger partial charge on any atom is 0.205 e. The predicted molar refractivity (Wildman–Crippen MR) is 71.0 cm³/mol. The minimum absolute atomic E-state index is 0.0490. The Morgan fingerprint density at radius 3 is 2.50 bits per heavy atom. The molecule has 1 aromatic carbocycles. The van der Waals surface area contributed by atoms with Crippen LogP contribution in [0.5, 0.6) is 0 Å². The summed E-state index contributed by atoms with van der Waals surface area (Å²) in [6.07, 6.45) is 0.540. The summed E-state index contributed by atoms with van der Waals surface area (Å²) >= 11 is 0. The van der Waals surface area contributed by atoms with Crippen molar-refractivity contribution in [1.29, 1.82) is 0 Å². The highest BCUT2D eigenvalue weighted by Gasteiger charge is 2.25. The van der Waals surface area contributed by atoms with Gasteiger partial charge in [0, 0.05) is 11.1 Å². The van der Waals surface area contributed by atoms with Crippen LogP contribution in [-0.4, -0.2) is 6.29 Å². The standard InChI is InChI=1S/C14H15NO3/c1-14(2,3)13-8(7-16)12(17)11-9(15)5-4-6-10(11)18-13/h4-7H,15H2,1-3H3. The SMILES string of the molecule is CC(C)(C)c1oc2cccc(N)c2c(=O)c1C=O. The molecule has 0 saturated heterocycles. The molecule has 0 bridgehead atoms. The molecule has 18 heavy (non-hydrogen) atoms. The van der Waals surface area contributed by atoms with E-state index in [0.717, 1.165) is 0 Å². The number of carbonyl (C=O) groups is 1. The normalized spacial score (nSPS) is 11.7. The molecule has 0 amide bonds. The van der Waals surface area contributed by atoms with Crippen molar-refractivity contribution in [3.63, 3.8) is 0 Å². The van der Waals surface area contributed by atoms with Gasteiger partial charge in [0.25, 0.3) is 0 Å². The summed E-state index contributed by atoms with van der Waals surface area (Å²) in [7, 11) is 0. The molecule has 94 valence electrons. The van der Waals surface area contributed by atoms with E-state index < -0.39 is 5.41 Å². The Hall–Kier alpha value is -2.10. The first-order valence-corrected chi connectivity index (χ1v) is 5.67. The van der Waals surface area contributed by atoms with E-state index >= 15 is 0 Å². The fourth-order valence-corrected chi connectivity index (χ4v) is 1.94. The Balaban J connectivity index is 3.01. The average molecular weight is 245 g/mol. The Bertz CT molecular complexity index is 678. The monoisotopic (exact) mass is 245 g/mol. The molecule has 0 radical (unpaired) electrons. The summed E-state index contributed by atoms with van der Waals surface area (Å²) in [6, 6.07) is 5.01. The molecule has 2 rings (SSSR count). The molecule has 2 N–H and O–H groups in total. The van der Waals surface area contributed by atoms with Gasteiger partial charge in [-0.3, -0.25) is 9.59 Å². The molecule has 0 fully saturated rings. The van der Waals surface area contributed by atoms with E-state index in [1.165, 1.54) is 0 Å².